The van der Waals surface area contributed by atoms with Gasteiger partial charge in [-0.2, -0.15) is 0 Å². The highest BCUT2D eigenvalue weighted by atomic mass is 16.3. The Labute approximate surface area is 44.4 Å². The second-order valence-electron chi connectivity index (χ2n) is 2.31. The third-order valence-corrected chi connectivity index (χ3v) is 1.58. The first kappa shape index (κ1) is 5.10. The van der Waals surface area contributed by atoms with Crippen molar-refractivity contribution >= 4 is 0 Å². The van der Waals surface area contributed by atoms with Crippen molar-refractivity contribution in [2.75, 3.05) is 0 Å². The van der Waals surface area contributed by atoms with Crippen LogP contribution in [0.2, 0.25) is 0 Å². The van der Waals surface area contributed by atoms with Crippen molar-refractivity contribution in [3.8, 4) is 0 Å². The minimum absolute atomic E-state index is 0.0139. The maximum absolute atomic E-state index is 9.00. The van der Waals surface area contributed by atoms with E-state index in [9.17, 15) is 0 Å². The van der Waals surface area contributed by atoms with Crippen LogP contribution in [0.1, 0.15) is 26.2 Å². The highest BCUT2D eigenvalue weighted by Crippen LogP contribution is 2.33. The molecule has 1 heteroatoms. The molecule has 0 saturated heterocycles. The van der Waals surface area contributed by atoms with E-state index in [1.807, 2.05) is 6.92 Å². The van der Waals surface area contributed by atoms with E-state index in [-0.39, 0.29) is 6.10 Å². The van der Waals surface area contributed by atoms with Crippen LogP contribution in [-0.4, -0.2) is 11.2 Å². The zero-order chi connectivity index (χ0) is 5.28. The van der Waals surface area contributed by atoms with Crippen LogP contribution in [-0.2, 0) is 0 Å². The van der Waals surface area contributed by atoms with Crippen molar-refractivity contribution in [1.29, 1.82) is 0 Å². The molecule has 1 saturated carbocycles. The lowest BCUT2D eigenvalue weighted by atomic mass is 10.2. The Bertz CT molecular complexity index is 57.2. The average Bonchev–Trinajstić information content (AvgIpc) is 2.44. The number of hydrogen-bond donors (Lipinski definition) is 1. The highest BCUT2D eigenvalue weighted by Gasteiger charge is 2.27. The first-order valence-corrected chi connectivity index (χ1v) is 3.02. The van der Waals surface area contributed by atoms with Crippen LogP contribution < -0.4 is 0 Å². The molecule has 0 unspecified atom stereocenters. The molecule has 1 fully saturated rings. The molecule has 1 rings (SSSR count). The lowest BCUT2D eigenvalue weighted by molar-refractivity contribution is 0.147. The molecule has 0 aromatic heterocycles. The van der Waals surface area contributed by atoms with Crippen molar-refractivity contribution in [3.63, 3.8) is 0 Å². The molecule has 1 N–H and O–H groups in total. The van der Waals surface area contributed by atoms with Gasteiger partial charge in [-0.3, -0.25) is 0 Å². The second-order valence-corrected chi connectivity index (χ2v) is 2.31. The third-order valence-electron chi connectivity index (χ3n) is 1.58. The summed E-state index contributed by atoms with van der Waals surface area (Å²) >= 11 is 0. The molecule has 0 aliphatic heterocycles. The van der Waals surface area contributed by atoms with E-state index >= 15 is 0 Å². The van der Waals surface area contributed by atoms with Gasteiger partial charge in [0.05, 0.1) is 6.10 Å². The van der Waals surface area contributed by atoms with Crippen LogP contribution in [0.3, 0.4) is 0 Å². The SMILES string of the molecule is CC[C@@H](O)C1CC1. The Morgan fingerprint density at radius 3 is 2.43 bits per heavy atom. The Morgan fingerprint density at radius 1 is 1.71 bits per heavy atom. The quantitative estimate of drug-likeness (QED) is 0.552. The van der Waals surface area contributed by atoms with Crippen molar-refractivity contribution in [2.45, 2.75) is 32.3 Å². The van der Waals surface area contributed by atoms with E-state index in [1.54, 1.807) is 0 Å². The van der Waals surface area contributed by atoms with Crippen molar-refractivity contribution < 1.29 is 5.11 Å². The normalized spacial score (nSPS) is 24.9. The Hall–Kier alpha value is -0.0400. The summed E-state index contributed by atoms with van der Waals surface area (Å²) in [5.41, 5.74) is 0. The fourth-order valence-electron chi connectivity index (χ4n) is 0.814. The lowest BCUT2D eigenvalue weighted by Crippen LogP contribution is -2.05. The molecule has 42 valence electrons. The van der Waals surface area contributed by atoms with Gasteiger partial charge in [-0.05, 0) is 25.2 Å². The van der Waals surface area contributed by atoms with E-state index in [0.717, 1.165) is 6.42 Å². The Balaban J connectivity index is 2.10. The zero-order valence-corrected chi connectivity index (χ0v) is 4.72. The minimum Gasteiger partial charge on any atom is -0.393 e. The Kier molecular flexibility index (Phi) is 1.33. The monoisotopic (exact) mass is 100 g/mol. The summed E-state index contributed by atoms with van der Waals surface area (Å²) in [7, 11) is 0. The van der Waals surface area contributed by atoms with Gasteiger partial charge >= 0.3 is 0 Å². The molecule has 0 heterocycles. The molecule has 0 amide bonds. The van der Waals surface area contributed by atoms with Crippen molar-refractivity contribution in [2.24, 2.45) is 5.92 Å². The first-order chi connectivity index (χ1) is 3.34. The van der Waals surface area contributed by atoms with E-state index in [0.29, 0.717) is 5.92 Å². The molecule has 1 aliphatic carbocycles. The molecule has 0 radical (unpaired) electrons. The molecule has 7 heavy (non-hydrogen) atoms. The van der Waals surface area contributed by atoms with Gasteiger partial charge in [0, 0.05) is 0 Å². The third kappa shape index (κ3) is 1.16. The Morgan fingerprint density at radius 2 is 2.29 bits per heavy atom. The van der Waals surface area contributed by atoms with Gasteiger partial charge in [0.2, 0.25) is 0 Å². The first-order valence-electron chi connectivity index (χ1n) is 3.02. The molecular weight excluding hydrogens is 88.1 g/mol. The summed E-state index contributed by atoms with van der Waals surface area (Å²) in [5, 5.41) is 9.00. The van der Waals surface area contributed by atoms with Crippen LogP contribution in [0.25, 0.3) is 0 Å². The molecule has 0 aromatic rings. The summed E-state index contributed by atoms with van der Waals surface area (Å²) in [5.74, 6) is 0.671. The van der Waals surface area contributed by atoms with Crippen LogP contribution in [0.5, 0.6) is 0 Å². The number of hydrogen-bond acceptors (Lipinski definition) is 1. The summed E-state index contributed by atoms with van der Waals surface area (Å²) in [6, 6.07) is 0. The van der Waals surface area contributed by atoms with Gasteiger partial charge in [0.25, 0.3) is 0 Å². The largest absolute Gasteiger partial charge is 0.393 e. The maximum atomic E-state index is 9.00. The molecule has 1 nitrogen and oxygen atoms in total. The van der Waals surface area contributed by atoms with E-state index in [4.69, 9.17) is 5.11 Å². The topological polar surface area (TPSA) is 20.2 Å². The van der Waals surface area contributed by atoms with Gasteiger partial charge in [0.15, 0.2) is 0 Å². The number of rotatable bonds is 2. The summed E-state index contributed by atoms with van der Waals surface area (Å²) < 4.78 is 0. The summed E-state index contributed by atoms with van der Waals surface area (Å²) in [6.07, 6.45) is 3.47. The van der Waals surface area contributed by atoms with Gasteiger partial charge in [-0.25, -0.2) is 0 Å². The van der Waals surface area contributed by atoms with E-state index in [1.165, 1.54) is 12.8 Å². The van der Waals surface area contributed by atoms with Crippen LogP contribution in [0.4, 0.5) is 0 Å². The second kappa shape index (κ2) is 1.83. The highest BCUT2D eigenvalue weighted by molar-refractivity contribution is 4.79. The minimum atomic E-state index is 0.0139. The fraction of sp³-hybridized carbons (Fsp3) is 1.00. The van der Waals surface area contributed by atoms with Crippen molar-refractivity contribution in [1.82, 2.24) is 0 Å². The average molecular weight is 100 g/mol. The van der Waals surface area contributed by atoms with E-state index in [2.05, 4.69) is 0 Å². The maximum Gasteiger partial charge on any atom is 0.0565 e. The number of aliphatic hydroxyl groups excluding tert-OH is 1. The molecule has 1 aliphatic rings. The smallest absolute Gasteiger partial charge is 0.0565 e. The van der Waals surface area contributed by atoms with E-state index < -0.39 is 0 Å². The summed E-state index contributed by atoms with van der Waals surface area (Å²) in [4.78, 5) is 0. The predicted molar refractivity (Wildman–Crippen MR) is 29.0 cm³/mol. The van der Waals surface area contributed by atoms with Crippen LogP contribution in [0.15, 0.2) is 0 Å². The lowest BCUT2D eigenvalue weighted by Gasteiger charge is -2.01. The molecule has 0 spiro atoms. The van der Waals surface area contributed by atoms with Gasteiger partial charge in [0.1, 0.15) is 0 Å². The van der Waals surface area contributed by atoms with Gasteiger partial charge in [-0.15, -0.1) is 0 Å². The number of aliphatic hydroxyl groups is 1. The molecule has 0 aromatic carbocycles. The van der Waals surface area contributed by atoms with Crippen LogP contribution >= 0.6 is 0 Å². The van der Waals surface area contributed by atoms with Crippen LogP contribution in [0, 0.1) is 5.92 Å². The fourth-order valence-corrected chi connectivity index (χ4v) is 0.814. The van der Waals surface area contributed by atoms with Crippen molar-refractivity contribution in [3.05, 3.63) is 0 Å². The standard InChI is InChI=1S/C6H12O/c1-2-6(7)5-3-4-5/h5-7H,2-4H2,1H3/t6-/m1/s1. The molecule has 0 bridgehead atoms. The molecular formula is C6H12O. The predicted octanol–water partition coefficient (Wildman–Crippen LogP) is 1.17. The molecule has 1 atom stereocenters. The summed E-state index contributed by atoms with van der Waals surface area (Å²) in [6.45, 7) is 2.03. The van der Waals surface area contributed by atoms with Gasteiger partial charge in [-0.1, -0.05) is 6.92 Å². The van der Waals surface area contributed by atoms with Gasteiger partial charge < -0.3 is 5.11 Å². The zero-order valence-electron chi connectivity index (χ0n) is 4.72.